The minimum absolute atomic E-state index is 0.126. The van der Waals surface area contributed by atoms with Crippen molar-refractivity contribution in [1.29, 1.82) is 0 Å². The van der Waals surface area contributed by atoms with E-state index in [0.717, 1.165) is 55.7 Å². The van der Waals surface area contributed by atoms with Gasteiger partial charge in [0.05, 0.1) is 10.6 Å². The maximum atomic E-state index is 12.4. The van der Waals surface area contributed by atoms with E-state index in [1.807, 2.05) is 18.2 Å². The number of anilines is 3. The zero-order chi connectivity index (χ0) is 20.9. The lowest BCUT2D eigenvalue weighted by molar-refractivity contribution is -0.114. The van der Waals surface area contributed by atoms with Crippen molar-refractivity contribution >= 4 is 41.2 Å². The summed E-state index contributed by atoms with van der Waals surface area (Å²) in [7, 11) is 0. The molecule has 3 heterocycles. The van der Waals surface area contributed by atoms with Crippen LogP contribution in [-0.4, -0.2) is 70.4 Å². The van der Waals surface area contributed by atoms with Gasteiger partial charge in [0.2, 0.25) is 11.9 Å². The Labute approximate surface area is 180 Å². The van der Waals surface area contributed by atoms with Crippen LogP contribution in [0.2, 0.25) is 0 Å². The Balaban J connectivity index is 1.23. The molecule has 2 aliphatic heterocycles. The maximum absolute atomic E-state index is 12.4. The molecule has 0 aliphatic carbocycles. The first-order valence-corrected chi connectivity index (χ1v) is 10.8. The third kappa shape index (κ3) is 5.00. The molecule has 1 saturated heterocycles. The summed E-state index contributed by atoms with van der Waals surface area (Å²) in [6, 6.07) is 7.25. The van der Waals surface area contributed by atoms with Gasteiger partial charge in [-0.3, -0.25) is 14.0 Å². The minimum Gasteiger partial charge on any atom is -0.338 e. The Morgan fingerprint density at radius 3 is 2.67 bits per heavy atom. The summed E-state index contributed by atoms with van der Waals surface area (Å²) in [5, 5.41) is 5.65. The van der Waals surface area contributed by atoms with Crippen molar-refractivity contribution < 1.29 is 9.59 Å². The fourth-order valence-electron chi connectivity index (χ4n) is 3.54. The number of rotatable bonds is 6. The summed E-state index contributed by atoms with van der Waals surface area (Å²) >= 11 is 1.44. The van der Waals surface area contributed by atoms with Crippen molar-refractivity contribution in [3.63, 3.8) is 0 Å². The Hall–Kier alpha value is -2.85. The van der Waals surface area contributed by atoms with E-state index in [-0.39, 0.29) is 11.9 Å². The number of aromatic nitrogens is 2. The van der Waals surface area contributed by atoms with E-state index < -0.39 is 0 Å². The van der Waals surface area contributed by atoms with Crippen LogP contribution >= 0.6 is 11.9 Å². The van der Waals surface area contributed by atoms with E-state index in [0.29, 0.717) is 12.2 Å². The molecule has 2 aromatic rings. The van der Waals surface area contributed by atoms with Gasteiger partial charge < -0.3 is 15.5 Å². The normalized spacial score (nSPS) is 16.8. The summed E-state index contributed by atoms with van der Waals surface area (Å²) in [5.74, 6) is 0.655. The Kier molecular flexibility index (Phi) is 6.34. The van der Waals surface area contributed by atoms with E-state index in [1.165, 1.54) is 18.9 Å². The summed E-state index contributed by atoms with van der Waals surface area (Å²) in [6.45, 7) is 6.83. The molecule has 2 aliphatic rings. The molecule has 0 atom stereocenters. The summed E-state index contributed by atoms with van der Waals surface area (Å²) < 4.78 is 1.76. The van der Waals surface area contributed by atoms with Gasteiger partial charge >= 0.3 is 6.03 Å². The number of fused-ring (bicyclic) bond motifs is 1. The number of benzene rings is 1. The lowest BCUT2D eigenvalue weighted by Crippen LogP contribution is -2.47. The van der Waals surface area contributed by atoms with E-state index in [2.05, 4.69) is 30.4 Å². The molecule has 0 spiro atoms. The number of amides is 3. The van der Waals surface area contributed by atoms with Crippen LogP contribution in [0.15, 0.2) is 41.6 Å². The monoisotopic (exact) mass is 427 g/mol. The topological polar surface area (TPSA) is 93.7 Å². The first-order valence-electron chi connectivity index (χ1n) is 10.0. The van der Waals surface area contributed by atoms with Crippen molar-refractivity contribution in [2.24, 2.45) is 0 Å². The Bertz CT molecular complexity index is 903. The van der Waals surface area contributed by atoms with Crippen molar-refractivity contribution in [3.8, 4) is 0 Å². The van der Waals surface area contributed by atoms with Gasteiger partial charge in [0.25, 0.3) is 0 Å². The van der Waals surface area contributed by atoms with Gasteiger partial charge in [0.15, 0.2) is 0 Å². The molecule has 0 unspecified atom stereocenters. The molecule has 158 valence electrons. The second-order valence-corrected chi connectivity index (χ2v) is 8.31. The lowest BCUT2D eigenvalue weighted by Gasteiger charge is -2.35. The van der Waals surface area contributed by atoms with Crippen LogP contribution in [0.25, 0.3) is 0 Å². The molecule has 1 aromatic heterocycles. The van der Waals surface area contributed by atoms with E-state index >= 15 is 0 Å². The number of hydrogen-bond acceptors (Lipinski definition) is 7. The van der Waals surface area contributed by atoms with E-state index in [1.54, 1.807) is 22.8 Å². The quantitative estimate of drug-likeness (QED) is 0.684. The van der Waals surface area contributed by atoms with Crippen LogP contribution in [-0.2, 0) is 4.79 Å². The third-order valence-corrected chi connectivity index (χ3v) is 6.14. The fraction of sp³-hybridized carbons (Fsp3) is 0.400. The van der Waals surface area contributed by atoms with Crippen LogP contribution in [0.1, 0.15) is 13.3 Å². The van der Waals surface area contributed by atoms with Gasteiger partial charge in [0.1, 0.15) is 0 Å². The second-order valence-electron chi connectivity index (χ2n) is 7.25. The number of nitrogens with one attached hydrogen (secondary N) is 2. The molecular formula is C20H25N7O2S. The lowest BCUT2D eigenvalue weighted by atomic mass is 10.2. The molecule has 1 fully saturated rings. The largest absolute Gasteiger partial charge is 0.338 e. The van der Waals surface area contributed by atoms with Crippen LogP contribution in [0.4, 0.5) is 22.1 Å². The molecule has 10 heteroatoms. The predicted octanol–water partition coefficient (Wildman–Crippen LogP) is 2.50. The maximum Gasteiger partial charge on any atom is 0.332 e. The first kappa shape index (κ1) is 20.4. The summed E-state index contributed by atoms with van der Waals surface area (Å²) in [6.07, 6.45) is 4.45. The van der Waals surface area contributed by atoms with Gasteiger partial charge in [-0.05, 0) is 42.6 Å². The summed E-state index contributed by atoms with van der Waals surface area (Å²) in [5.41, 5.74) is 1.40. The number of urea groups is 1. The van der Waals surface area contributed by atoms with Crippen molar-refractivity contribution in [3.05, 3.63) is 36.7 Å². The molecule has 0 radical (unpaired) electrons. The molecular weight excluding hydrogens is 402 g/mol. The third-order valence-electron chi connectivity index (χ3n) is 5.02. The highest BCUT2D eigenvalue weighted by Crippen LogP contribution is 2.36. The van der Waals surface area contributed by atoms with E-state index in [4.69, 9.17) is 0 Å². The highest BCUT2D eigenvalue weighted by atomic mass is 32.2. The Morgan fingerprint density at radius 2 is 1.93 bits per heavy atom. The highest BCUT2D eigenvalue weighted by Gasteiger charge is 2.24. The smallest absolute Gasteiger partial charge is 0.332 e. The van der Waals surface area contributed by atoms with Gasteiger partial charge in [-0.1, -0.05) is 0 Å². The van der Waals surface area contributed by atoms with Crippen LogP contribution in [0.3, 0.4) is 0 Å². The first-order chi connectivity index (χ1) is 14.6. The number of hydrogen-bond donors (Lipinski definition) is 2. The van der Waals surface area contributed by atoms with Crippen LogP contribution < -0.4 is 15.5 Å². The average molecular weight is 428 g/mol. The molecule has 2 N–H and O–H groups in total. The fourth-order valence-corrected chi connectivity index (χ4v) is 4.46. The Morgan fingerprint density at radius 1 is 1.17 bits per heavy atom. The molecule has 1 aromatic carbocycles. The number of nitrogens with zero attached hydrogens (tertiary/aromatic N) is 5. The van der Waals surface area contributed by atoms with Crippen LogP contribution in [0, 0.1) is 0 Å². The van der Waals surface area contributed by atoms with Gasteiger partial charge in [-0.2, -0.15) is 0 Å². The molecule has 3 amide bonds. The summed E-state index contributed by atoms with van der Waals surface area (Å²) in [4.78, 5) is 37.9. The predicted molar refractivity (Wildman–Crippen MR) is 118 cm³/mol. The van der Waals surface area contributed by atoms with Gasteiger partial charge in [-0.15, -0.1) is 0 Å². The van der Waals surface area contributed by atoms with Crippen molar-refractivity contribution in [1.82, 2.24) is 19.2 Å². The molecule has 4 rings (SSSR count). The number of carbonyl (C=O) groups is 2. The van der Waals surface area contributed by atoms with Gasteiger partial charge in [-0.25, -0.2) is 14.8 Å². The van der Waals surface area contributed by atoms with Crippen molar-refractivity contribution in [2.45, 2.75) is 18.2 Å². The number of carbonyl (C=O) groups excluding carboxylic acids is 2. The standard InChI is InChI=1S/C20H25N7O2S/c1-15(28)23-16-4-5-18-17(14-16)24-20(29)27(30-18)9-3-8-25-10-12-26(13-11-25)19-21-6-2-7-22-19/h2,4-7,14H,3,8-13H2,1H3,(H,23,28)(H,24,29). The molecule has 9 nitrogen and oxygen atoms in total. The number of piperazine rings is 1. The molecule has 30 heavy (non-hydrogen) atoms. The van der Waals surface area contributed by atoms with E-state index in [9.17, 15) is 9.59 Å². The molecule has 0 saturated carbocycles. The minimum atomic E-state index is -0.136. The van der Waals surface area contributed by atoms with Gasteiger partial charge in [0, 0.05) is 64.3 Å². The van der Waals surface area contributed by atoms with Crippen LogP contribution in [0.5, 0.6) is 0 Å². The average Bonchev–Trinajstić information content (AvgIpc) is 2.75. The molecule has 0 bridgehead atoms. The van der Waals surface area contributed by atoms with Crippen molar-refractivity contribution in [2.75, 3.05) is 54.8 Å². The second kappa shape index (κ2) is 9.31. The SMILES string of the molecule is CC(=O)Nc1ccc2c(c1)NC(=O)N(CCCN1CCN(c3ncccn3)CC1)S2. The highest BCUT2D eigenvalue weighted by molar-refractivity contribution is 7.97. The zero-order valence-corrected chi connectivity index (χ0v) is 17.7. The zero-order valence-electron chi connectivity index (χ0n) is 16.9.